The van der Waals surface area contributed by atoms with Gasteiger partial charge in [0.2, 0.25) is 0 Å². The zero-order chi connectivity index (χ0) is 21.5. The first kappa shape index (κ1) is 20.1. The Labute approximate surface area is 173 Å². The van der Waals surface area contributed by atoms with Crippen molar-refractivity contribution >= 4 is 29.2 Å². The van der Waals surface area contributed by atoms with E-state index in [4.69, 9.17) is 0 Å². The number of nitro groups is 1. The Balaban J connectivity index is 1.51. The maximum Gasteiger partial charge on any atom is 0.322 e. The van der Waals surface area contributed by atoms with Gasteiger partial charge in [-0.05, 0) is 43.7 Å². The molecule has 3 aliphatic rings. The summed E-state index contributed by atoms with van der Waals surface area (Å²) in [5.74, 6) is -0.208. The number of carbonyl (C=O) groups is 3. The number of likely N-dealkylation sites (tertiary alicyclic amines) is 1. The number of hydrogen-bond donors (Lipinski definition) is 2. The van der Waals surface area contributed by atoms with Gasteiger partial charge in [0.1, 0.15) is 11.2 Å². The molecule has 2 N–H and O–H groups in total. The van der Waals surface area contributed by atoms with Crippen LogP contribution < -0.4 is 15.5 Å². The molecule has 0 bridgehead atoms. The quantitative estimate of drug-likeness (QED) is 0.439. The molecule has 4 amide bonds. The molecule has 0 radical (unpaired) electrons. The Kier molecular flexibility index (Phi) is 5.08. The van der Waals surface area contributed by atoms with E-state index < -0.39 is 16.5 Å². The number of imide groups is 1. The van der Waals surface area contributed by atoms with Crippen molar-refractivity contribution in [3.63, 3.8) is 0 Å². The minimum Gasteiger partial charge on any atom is -0.366 e. The maximum absolute atomic E-state index is 13.0. The van der Waals surface area contributed by atoms with Gasteiger partial charge in [-0.1, -0.05) is 6.92 Å². The highest BCUT2D eigenvalue weighted by atomic mass is 16.6. The van der Waals surface area contributed by atoms with E-state index in [2.05, 4.69) is 17.6 Å². The van der Waals surface area contributed by atoms with Crippen molar-refractivity contribution in [1.82, 2.24) is 15.5 Å². The van der Waals surface area contributed by atoms with E-state index in [9.17, 15) is 24.5 Å². The van der Waals surface area contributed by atoms with E-state index in [1.807, 2.05) is 4.90 Å². The van der Waals surface area contributed by atoms with Gasteiger partial charge in [0.05, 0.1) is 4.92 Å². The minimum atomic E-state index is -0.964. The molecule has 3 aliphatic heterocycles. The number of urea groups is 1. The standard InChI is InChI=1S/C20H25N5O5/c1-13-3-2-8-24(12-13)15-5-4-14(11-16(15)25(29)30)17(26)23-9-6-20(7-10-23)18(27)21-19(28)22-20/h4-5,11,13H,2-3,6-10,12H2,1H3,(H2,21,22,27,28). The Bertz CT molecular complexity index is 909. The summed E-state index contributed by atoms with van der Waals surface area (Å²) in [4.78, 5) is 51.3. The number of amides is 4. The Morgan fingerprint density at radius 1 is 1.23 bits per heavy atom. The lowest BCUT2D eigenvalue weighted by molar-refractivity contribution is -0.384. The van der Waals surface area contributed by atoms with Crippen molar-refractivity contribution in [1.29, 1.82) is 0 Å². The third-order valence-electron chi connectivity index (χ3n) is 6.34. The van der Waals surface area contributed by atoms with E-state index in [0.29, 0.717) is 24.4 Å². The van der Waals surface area contributed by atoms with Crippen LogP contribution in [0.4, 0.5) is 16.2 Å². The van der Waals surface area contributed by atoms with Gasteiger partial charge in [-0.25, -0.2) is 4.79 Å². The topological polar surface area (TPSA) is 125 Å². The van der Waals surface area contributed by atoms with Gasteiger partial charge in [-0.2, -0.15) is 0 Å². The first-order valence-corrected chi connectivity index (χ1v) is 10.3. The van der Waals surface area contributed by atoms with Gasteiger partial charge in [0.25, 0.3) is 17.5 Å². The molecule has 3 heterocycles. The van der Waals surface area contributed by atoms with E-state index in [-0.39, 0.29) is 36.2 Å². The lowest BCUT2D eigenvalue weighted by atomic mass is 9.87. The van der Waals surface area contributed by atoms with Crippen LogP contribution in [0.15, 0.2) is 18.2 Å². The summed E-state index contributed by atoms with van der Waals surface area (Å²) in [7, 11) is 0. The summed E-state index contributed by atoms with van der Waals surface area (Å²) in [6.45, 7) is 4.22. The predicted molar refractivity (Wildman–Crippen MR) is 108 cm³/mol. The number of nitrogens with one attached hydrogen (secondary N) is 2. The van der Waals surface area contributed by atoms with E-state index in [0.717, 1.165) is 25.9 Å². The molecule has 10 heteroatoms. The Morgan fingerprint density at radius 3 is 2.57 bits per heavy atom. The van der Waals surface area contributed by atoms with Crippen molar-refractivity contribution in [3.05, 3.63) is 33.9 Å². The highest BCUT2D eigenvalue weighted by Gasteiger charge is 2.48. The molecule has 3 saturated heterocycles. The molecule has 0 aromatic heterocycles. The molecule has 4 rings (SSSR count). The van der Waals surface area contributed by atoms with Crippen molar-refractivity contribution in [2.75, 3.05) is 31.1 Å². The van der Waals surface area contributed by atoms with Crippen molar-refractivity contribution in [3.8, 4) is 0 Å². The summed E-state index contributed by atoms with van der Waals surface area (Å²) in [5, 5.41) is 16.6. The molecule has 10 nitrogen and oxygen atoms in total. The van der Waals surface area contributed by atoms with E-state index in [1.54, 1.807) is 17.0 Å². The molecule has 1 unspecified atom stereocenters. The average molecular weight is 415 g/mol. The highest BCUT2D eigenvalue weighted by Crippen LogP contribution is 2.33. The fourth-order valence-electron chi connectivity index (χ4n) is 4.63. The largest absolute Gasteiger partial charge is 0.366 e. The number of rotatable bonds is 3. The molecule has 1 atom stereocenters. The fraction of sp³-hybridized carbons (Fsp3) is 0.550. The van der Waals surface area contributed by atoms with Crippen LogP contribution in [0, 0.1) is 16.0 Å². The van der Waals surface area contributed by atoms with Crippen LogP contribution in [-0.4, -0.2) is 59.4 Å². The SMILES string of the molecule is CC1CCCN(c2ccc(C(=O)N3CCC4(CC3)NC(=O)NC4=O)cc2[N+](=O)[O-])C1. The van der Waals surface area contributed by atoms with Gasteiger partial charge >= 0.3 is 6.03 Å². The van der Waals surface area contributed by atoms with Crippen LogP contribution in [0.5, 0.6) is 0 Å². The van der Waals surface area contributed by atoms with Crippen LogP contribution in [0.25, 0.3) is 0 Å². The molecule has 1 aromatic rings. The number of nitrogens with zero attached hydrogens (tertiary/aromatic N) is 3. The van der Waals surface area contributed by atoms with Gasteiger partial charge in [-0.3, -0.25) is 25.0 Å². The van der Waals surface area contributed by atoms with Gasteiger partial charge in [0.15, 0.2) is 0 Å². The lowest BCUT2D eigenvalue weighted by Gasteiger charge is -2.37. The second kappa shape index (κ2) is 7.58. The monoisotopic (exact) mass is 415 g/mol. The number of nitro benzene ring substituents is 1. The van der Waals surface area contributed by atoms with E-state index in [1.165, 1.54) is 6.07 Å². The third kappa shape index (κ3) is 3.57. The fourth-order valence-corrected chi connectivity index (χ4v) is 4.63. The molecule has 0 aliphatic carbocycles. The second-order valence-electron chi connectivity index (χ2n) is 8.44. The molecular formula is C20H25N5O5. The molecule has 30 heavy (non-hydrogen) atoms. The molecule has 160 valence electrons. The summed E-state index contributed by atoms with van der Waals surface area (Å²) >= 11 is 0. The number of piperidine rings is 2. The zero-order valence-electron chi connectivity index (χ0n) is 16.8. The molecule has 1 spiro atoms. The van der Waals surface area contributed by atoms with Gasteiger partial charge in [0, 0.05) is 37.8 Å². The maximum atomic E-state index is 13.0. The van der Waals surface area contributed by atoms with Crippen LogP contribution in [0.3, 0.4) is 0 Å². The summed E-state index contributed by atoms with van der Waals surface area (Å²) in [5.41, 5.74) is -0.224. The van der Waals surface area contributed by atoms with Crippen molar-refractivity contribution in [2.24, 2.45) is 5.92 Å². The summed E-state index contributed by atoms with van der Waals surface area (Å²) in [6.07, 6.45) is 2.71. The minimum absolute atomic E-state index is 0.0640. The van der Waals surface area contributed by atoms with Crippen molar-refractivity contribution < 1.29 is 19.3 Å². The third-order valence-corrected chi connectivity index (χ3v) is 6.34. The number of benzene rings is 1. The molecular weight excluding hydrogens is 390 g/mol. The van der Waals surface area contributed by atoms with Crippen LogP contribution in [0.1, 0.15) is 43.0 Å². The molecule has 0 saturated carbocycles. The van der Waals surface area contributed by atoms with Crippen LogP contribution >= 0.6 is 0 Å². The first-order valence-electron chi connectivity index (χ1n) is 10.3. The summed E-state index contributed by atoms with van der Waals surface area (Å²) < 4.78 is 0. The smallest absolute Gasteiger partial charge is 0.322 e. The van der Waals surface area contributed by atoms with Crippen LogP contribution in [-0.2, 0) is 4.79 Å². The number of hydrogen-bond acceptors (Lipinski definition) is 6. The van der Waals surface area contributed by atoms with Crippen LogP contribution in [0.2, 0.25) is 0 Å². The summed E-state index contributed by atoms with van der Waals surface area (Å²) in [6, 6.07) is 4.14. The van der Waals surface area contributed by atoms with Gasteiger partial charge in [-0.15, -0.1) is 0 Å². The Morgan fingerprint density at radius 2 is 1.97 bits per heavy atom. The highest BCUT2D eigenvalue weighted by molar-refractivity contribution is 6.07. The Hall–Kier alpha value is -3.17. The first-order chi connectivity index (χ1) is 14.3. The lowest BCUT2D eigenvalue weighted by Crippen LogP contribution is -2.55. The predicted octanol–water partition coefficient (Wildman–Crippen LogP) is 1.65. The zero-order valence-corrected chi connectivity index (χ0v) is 16.8. The average Bonchev–Trinajstić information content (AvgIpc) is 3.00. The number of anilines is 1. The number of carbonyl (C=O) groups excluding carboxylic acids is 3. The normalized spacial score (nSPS) is 23.3. The molecule has 3 fully saturated rings. The van der Waals surface area contributed by atoms with Crippen molar-refractivity contribution in [2.45, 2.75) is 38.1 Å². The molecule has 1 aromatic carbocycles. The second-order valence-corrected chi connectivity index (χ2v) is 8.44. The van der Waals surface area contributed by atoms with Gasteiger partial charge < -0.3 is 15.1 Å². The van der Waals surface area contributed by atoms with E-state index >= 15 is 0 Å².